The third kappa shape index (κ3) is 4.01. The third-order valence-electron chi connectivity index (χ3n) is 2.30. The van der Waals surface area contributed by atoms with E-state index in [-0.39, 0.29) is 17.5 Å². The van der Waals surface area contributed by atoms with E-state index in [0.717, 1.165) is 6.07 Å². The summed E-state index contributed by atoms with van der Waals surface area (Å²) in [6.07, 6.45) is 0. The zero-order chi connectivity index (χ0) is 13.8. The number of benzene rings is 1. The van der Waals surface area contributed by atoms with Gasteiger partial charge in [-0.15, -0.1) is 0 Å². The smallest absolute Gasteiger partial charge is 0.241 e. The molecule has 0 amide bonds. The molecule has 1 N–H and O–H groups in total. The standard InChI is InChI=1S/C11H15BrFNO3S/c1-8-5-9(13)3-4-11(8)18(15,16)14-10(6-12)7-17-2/h3-5,10,14H,6-7H2,1-2H3. The Bertz CT molecular complexity index is 507. The lowest BCUT2D eigenvalue weighted by molar-refractivity contribution is 0.182. The molecule has 1 unspecified atom stereocenters. The Hall–Kier alpha value is -0.500. The normalized spacial score (nSPS) is 13.6. The van der Waals surface area contributed by atoms with Crippen molar-refractivity contribution in [2.75, 3.05) is 19.0 Å². The van der Waals surface area contributed by atoms with Crippen LogP contribution in [0.25, 0.3) is 0 Å². The largest absolute Gasteiger partial charge is 0.383 e. The second-order valence-corrected chi connectivity index (χ2v) is 6.17. The Morgan fingerprint density at radius 2 is 2.17 bits per heavy atom. The van der Waals surface area contributed by atoms with Crippen LogP contribution in [0, 0.1) is 12.7 Å². The van der Waals surface area contributed by atoms with Crippen molar-refractivity contribution in [2.24, 2.45) is 0 Å². The van der Waals surface area contributed by atoms with Crippen molar-refractivity contribution in [2.45, 2.75) is 17.9 Å². The van der Waals surface area contributed by atoms with Gasteiger partial charge in [-0.3, -0.25) is 0 Å². The maximum Gasteiger partial charge on any atom is 0.241 e. The van der Waals surface area contributed by atoms with Crippen LogP contribution in [-0.2, 0) is 14.8 Å². The zero-order valence-electron chi connectivity index (χ0n) is 10.1. The van der Waals surface area contributed by atoms with Gasteiger partial charge in [0.2, 0.25) is 10.0 Å². The molecule has 0 spiro atoms. The predicted octanol–water partition coefficient (Wildman–Crippen LogP) is 1.82. The van der Waals surface area contributed by atoms with Crippen LogP contribution in [0.5, 0.6) is 0 Å². The minimum atomic E-state index is -3.67. The van der Waals surface area contributed by atoms with Crippen LogP contribution < -0.4 is 4.72 Å². The van der Waals surface area contributed by atoms with E-state index in [1.54, 1.807) is 6.92 Å². The topological polar surface area (TPSA) is 55.4 Å². The third-order valence-corrected chi connectivity index (χ3v) is 4.76. The monoisotopic (exact) mass is 339 g/mol. The number of hydrogen-bond donors (Lipinski definition) is 1. The molecule has 0 bridgehead atoms. The van der Waals surface area contributed by atoms with Gasteiger partial charge in [0.05, 0.1) is 17.5 Å². The van der Waals surface area contributed by atoms with Crippen molar-refractivity contribution in [1.29, 1.82) is 0 Å². The quantitative estimate of drug-likeness (QED) is 0.804. The molecule has 0 aromatic heterocycles. The summed E-state index contributed by atoms with van der Waals surface area (Å²) in [6.45, 7) is 1.81. The predicted molar refractivity (Wildman–Crippen MR) is 70.9 cm³/mol. The van der Waals surface area contributed by atoms with Crippen LogP contribution in [0.4, 0.5) is 4.39 Å². The van der Waals surface area contributed by atoms with Gasteiger partial charge in [-0.2, -0.15) is 0 Å². The highest BCUT2D eigenvalue weighted by Gasteiger charge is 2.21. The number of hydrogen-bond acceptors (Lipinski definition) is 3. The molecule has 0 aliphatic carbocycles. The Morgan fingerprint density at radius 1 is 1.50 bits per heavy atom. The molecule has 1 aromatic rings. The molecule has 0 saturated carbocycles. The number of ether oxygens (including phenoxy) is 1. The van der Waals surface area contributed by atoms with Gasteiger partial charge in [0, 0.05) is 12.4 Å². The first kappa shape index (κ1) is 15.6. The van der Waals surface area contributed by atoms with Gasteiger partial charge in [-0.1, -0.05) is 15.9 Å². The number of methoxy groups -OCH3 is 1. The van der Waals surface area contributed by atoms with Crippen LogP contribution in [0.3, 0.4) is 0 Å². The maximum atomic E-state index is 12.9. The van der Waals surface area contributed by atoms with Gasteiger partial charge in [0.25, 0.3) is 0 Å². The summed E-state index contributed by atoms with van der Waals surface area (Å²) < 4.78 is 44.5. The highest BCUT2D eigenvalue weighted by atomic mass is 79.9. The summed E-state index contributed by atoms with van der Waals surface area (Å²) in [5.74, 6) is -0.458. The van der Waals surface area contributed by atoms with Gasteiger partial charge in [-0.05, 0) is 30.7 Å². The summed E-state index contributed by atoms with van der Waals surface area (Å²) in [6, 6.07) is 3.20. The second kappa shape index (κ2) is 6.60. The second-order valence-electron chi connectivity index (χ2n) is 3.84. The number of sulfonamides is 1. The lowest BCUT2D eigenvalue weighted by Gasteiger charge is -2.16. The number of halogens is 2. The molecule has 18 heavy (non-hydrogen) atoms. The average molecular weight is 340 g/mol. The number of nitrogens with one attached hydrogen (secondary N) is 1. The van der Waals surface area contributed by atoms with Crippen LogP contribution in [0.2, 0.25) is 0 Å². The van der Waals surface area contributed by atoms with Crippen LogP contribution in [0.15, 0.2) is 23.1 Å². The van der Waals surface area contributed by atoms with E-state index < -0.39 is 15.8 Å². The lowest BCUT2D eigenvalue weighted by atomic mass is 10.2. The number of alkyl halides is 1. The van der Waals surface area contributed by atoms with Crippen LogP contribution in [0.1, 0.15) is 5.56 Å². The van der Waals surface area contributed by atoms with E-state index in [2.05, 4.69) is 20.7 Å². The fourth-order valence-electron chi connectivity index (χ4n) is 1.51. The fraction of sp³-hybridized carbons (Fsp3) is 0.455. The highest BCUT2D eigenvalue weighted by molar-refractivity contribution is 9.09. The molecule has 7 heteroatoms. The fourth-order valence-corrected chi connectivity index (χ4v) is 3.52. The first-order chi connectivity index (χ1) is 8.40. The number of rotatable bonds is 6. The molecule has 0 aliphatic rings. The van der Waals surface area contributed by atoms with Crippen molar-refractivity contribution < 1.29 is 17.5 Å². The molecule has 1 atom stereocenters. The molecule has 0 aliphatic heterocycles. The minimum absolute atomic E-state index is 0.0750. The molecular formula is C11H15BrFNO3S. The van der Waals surface area contributed by atoms with Crippen molar-refractivity contribution in [3.63, 3.8) is 0 Å². The molecule has 0 saturated heterocycles. The van der Waals surface area contributed by atoms with Gasteiger partial charge >= 0.3 is 0 Å². The summed E-state index contributed by atoms with van der Waals surface area (Å²) >= 11 is 3.21. The van der Waals surface area contributed by atoms with Crippen molar-refractivity contribution in [3.8, 4) is 0 Å². The van der Waals surface area contributed by atoms with E-state index in [4.69, 9.17) is 4.74 Å². The minimum Gasteiger partial charge on any atom is -0.383 e. The van der Waals surface area contributed by atoms with E-state index in [1.165, 1.54) is 19.2 Å². The van der Waals surface area contributed by atoms with Gasteiger partial charge in [0.15, 0.2) is 0 Å². The first-order valence-electron chi connectivity index (χ1n) is 5.24. The van der Waals surface area contributed by atoms with Gasteiger partial charge < -0.3 is 4.74 Å². The molecular weight excluding hydrogens is 325 g/mol. The molecule has 4 nitrogen and oxygen atoms in total. The van der Waals surface area contributed by atoms with E-state index in [0.29, 0.717) is 10.9 Å². The average Bonchev–Trinajstić information content (AvgIpc) is 2.27. The van der Waals surface area contributed by atoms with E-state index in [9.17, 15) is 12.8 Å². The molecule has 0 fully saturated rings. The summed E-state index contributed by atoms with van der Waals surface area (Å²) in [5, 5.41) is 0.431. The Kier molecular flexibility index (Phi) is 5.71. The zero-order valence-corrected chi connectivity index (χ0v) is 12.5. The Balaban J connectivity index is 2.99. The summed E-state index contributed by atoms with van der Waals surface area (Å²) in [5.41, 5.74) is 0.369. The lowest BCUT2D eigenvalue weighted by Crippen LogP contribution is -2.39. The van der Waals surface area contributed by atoms with Gasteiger partial charge in [-0.25, -0.2) is 17.5 Å². The molecule has 1 aromatic carbocycles. The van der Waals surface area contributed by atoms with Crippen molar-refractivity contribution in [1.82, 2.24) is 4.72 Å². The SMILES string of the molecule is COCC(CBr)NS(=O)(=O)c1ccc(F)cc1C. The molecule has 0 heterocycles. The van der Waals surface area contributed by atoms with Crippen molar-refractivity contribution >= 4 is 26.0 Å². The summed E-state index contributed by atoms with van der Waals surface area (Å²) in [4.78, 5) is 0.0750. The van der Waals surface area contributed by atoms with Crippen molar-refractivity contribution in [3.05, 3.63) is 29.6 Å². The highest BCUT2D eigenvalue weighted by Crippen LogP contribution is 2.16. The molecule has 1 rings (SSSR count). The summed E-state index contributed by atoms with van der Waals surface area (Å²) in [7, 11) is -2.17. The first-order valence-corrected chi connectivity index (χ1v) is 7.84. The van der Waals surface area contributed by atoms with E-state index >= 15 is 0 Å². The van der Waals surface area contributed by atoms with E-state index in [1.807, 2.05) is 0 Å². The number of aryl methyl sites for hydroxylation is 1. The maximum absolute atomic E-state index is 12.9. The van der Waals surface area contributed by atoms with Crippen LogP contribution >= 0.6 is 15.9 Å². The van der Waals surface area contributed by atoms with Gasteiger partial charge in [0.1, 0.15) is 5.82 Å². The molecule has 0 radical (unpaired) electrons. The molecule has 102 valence electrons. The Labute approximate surface area is 115 Å². The van der Waals surface area contributed by atoms with Crippen LogP contribution in [-0.4, -0.2) is 33.5 Å². The Morgan fingerprint density at radius 3 is 2.67 bits per heavy atom.